The van der Waals surface area contributed by atoms with E-state index in [9.17, 15) is 20.2 Å². The summed E-state index contributed by atoms with van der Waals surface area (Å²) in [6.45, 7) is 4.38. The lowest BCUT2D eigenvalue weighted by atomic mass is 10.1. The summed E-state index contributed by atoms with van der Waals surface area (Å²) in [6, 6.07) is -1.37. The van der Waals surface area contributed by atoms with Crippen molar-refractivity contribution in [2.45, 2.75) is 76.7 Å². The SMILES string of the molecule is CCCCCCCCNC(=O)N(O)C[C@H]1N[C@@H](C)[C@@H](O)[C@@H]1O. The van der Waals surface area contributed by atoms with E-state index in [-0.39, 0.29) is 12.6 Å². The summed E-state index contributed by atoms with van der Waals surface area (Å²) < 4.78 is 0. The zero-order valence-electron chi connectivity index (χ0n) is 13.7. The summed E-state index contributed by atoms with van der Waals surface area (Å²) in [7, 11) is 0. The van der Waals surface area contributed by atoms with E-state index in [2.05, 4.69) is 17.6 Å². The van der Waals surface area contributed by atoms with Crippen molar-refractivity contribution in [3.05, 3.63) is 0 Å². The number of aliphatic hydroxyl groups excluding tert-OH is 2. The molecule has 4 atom stereocenters. The molecular weight excluding hydrogens is 286 g/mol. The van der Waals surface area contributed by atoms with Crippen molar-refractivity contribution in [3.63, 3.8) is 0 Å². The van der Waals surface area contributed by atoms with Gasteiger partial charge in [-0.15, -0.1) is 0 Å². The minimum Gasteiger partial charge on any atom is -0.389 e. The molecular formula is C15H31N3O4. The van der Waals surface area contributed by atoms with Gasteiger partial charge in [0.05, 0.1) is 24.8 Å². The van der Waals surface area contributed by atoms with Gasteiger partial charge < -0.3 is 20.8 Å². The summed E-state index contributed by atoms with van der Waals surface area (Å²) in [5, 5.41) is 35.3. The Morgan fingerprint density at radius 1 is 1.14 bits per heavy atom. The Bertz CT molecular complexity index is 330. The molecule has 130 valence electrons. The van der Waals surface area contributed by atoms with Gasteiger partial charge >= 0.3 is 6.03 Å². The van der Waals surface area contributed by atoms with Crippen LogP contribution in [-0.2, 0) is 0 Å². The predicted molar refractivity (Wildman–Crippen MR) is 83.7 cm³/mol. The molecule has 2 amide bonds. The number of hydrogen-bond acceptors (Lipinski definition) is 5. The van der Waals surface area contributed by atoms with Crippen LogP contribution in [0.15, 0.2) is 0 Å². The molecule has 1 saturated heterocycles. The van der Waals surface area contributed by atoms with Gasteiger partial charge in [0.2, 0.25) is 0 Å². The van der Waals surface area contributed by atoms with Gasteiger partial charge in [-0.2, -0.15) is 0 Å². The molecule has 7 nitrogen and oxygen atoms in total. The fourth-order valence-corrected chi connectivity index (χ4v) is 2.69. The van der Waals surface area contributed by atoms with Crippen LogP contribution in [0.1, 0.15) is 52.4 Å². The van der Waals surface area contributed by atoms with Crippen LogP contribution >= 0.6 is 0 Å². The van der Waals surface area contributed by atoms with Crippen molar-refractivity contribution in [1.29, 1.82) is 0 Å². The number of unbranched alkanes of at least 4 members (excludes halogenated alkanes) is 5. The summed E-state index contributed by atoms with van der Waals surface area (Å²) in [5.74, 6) is 0. The van der Waals surface area contributed by atoms with Crippen LogP contribution in [0, 0.1) is 0 Å². The summed E-state index contributed by atoms with van der Waals surface area (Å²) in [6.07, 6.45) is 4.94. The molecule has 22 heavy (non-hydrogen) atoms. The van der Waals surface area contributed by atoms with Gasteiger partial charge in [0.25, 0.3) is 0 Å². The number of nitrogens with zero attached hydrogens (tertiary/aromatic N) is 1. The lowest BCUT2D eigenvalue weighted by molar-refractivity contribution is -0.0609. The van der Waals surface area contributed by atoms with Crippen molar-refractivity contribution in [3.8, 4) is 0 Å². The molecule has 0 bridgehead atoms. The maximum absolute atomic E-state index is 11.7. The third-order valence-corrected chi connectivity index (χ3v) is 4.16. The second kappa shape index (κ2) is 9.99. The predicted octanol–water partition coefficient (Wildman–Crippen LogP) is 0.830. The highest BCUT2D eigenvalue weighted by Gasteiger charge is 2.39. The number of hydroxylamine groups is 2. The highest BCUT2D eigenvalue weighted by molar-refractivity contribution is 5.72. The van der Waals surface area contributed by atoms with E-state index in [0.29, 0.717) is 11.6 Å². The third-order valence-electron chi connectivity index (χ3n) is 4.16. The van der Waals surface area contributed by atoms with Crippen molar-refractivity contribution in [2.24, 2.45) is 0 Å². The monoisotopic (exact) mass is 317 g/mol. The first kappa shape index (κ1) is 19.2. The van der Waals surface area contributed by atoms with Crippen LogP contribution < -0.4 is 10.6 Å². The Morgan fingerprint density at radius 2 is 1.77 bits per heavy atom. The molecule has 7 heteroatoms. The first-order valence-corrected chi connectivity index (χ1v) is 8.33. The molecule has 0 aliphatic carbocycles. The fraction of sp³-hybridized carbons (Fsp3) is 0.933. The van der Waals surface area contributed by atoms with Gasteiger partial charge in [-0.05, 0) is 13.3 Å². The average Bonchev–Trinajstić information content (AvgIpc) is 2.73. The number of hydrogen-bond donors (Lipinski definition) is 5. The number of carbonyl (C=O) groups is 1. The molecule has 0 aromatic heterocycles. The van der Waals surface area contributed by atoms with Crippen LogP contribution in [0.2, 0.25) is 0 Å². The number of carbonyl (C=O) groups excluding carboxylic acids is 1. The molecule has 0 aromatic rings. The zero-order chi connectivity index (χ0) is 16.5. The second-order valence-corrected chi connectivity index (χ2v) is 6.12. The molecule has 0 unspecified atom stereocenters. The average molecular weight is 317 g/mol. The molecule has 1 aliphatic rings. The van der Waals surface area contributed by atoms with Gasteiger partial charge in [0, 0.05) is 12.6 Å². The third kappa shape index (κ3) is 6.08. The summed E-state index contributed by atoms with van der Waals surface area (Å²) in [4.78, 5) is 11.7. The van der Waals surface area contributed by atoms with Crippen LogP contribution in [-0.4, -0.2) is 63.9 Å². The topological polar surface area (TPSA) is 105 Å². The molecule has 1 aliphatic heterocycles. The normalized spacial score (nSPS) is 27.9. The molecule has 1 rings (SSSR count). The highest BCUT2D eigenvalue weighted by Crippen LogP contribution is 2.14. The molecule has 1 fully saturated rings. The fourth-order valence-electron chi connectivity index (χ4n) is 2.69. The van der Waals surface area contributed by atoms with Crippen LogP contribution in [0.3, 0.4) is 0 Å². The summed E-state index contributed by atoms with van der Waals surface area (Å²) in [5.41, 5.74) is 0. The van der Waals surface area contributed by atoms with Gasteiger partial charge in [-0.1, -0.05) is 39.0 Å². The van der Waals surface area contributed by atoms with Crippen LogP contribution in [0.5, 0.6) is 0 Å². The van der Waals surface area contributed by atoms with E-state index < -0.39 is 24.3 Å². The van der Waals surface area contributed by atoms with Crippen LogP contribution in [0.4, 0.5) is 4.79 Å². The maximum Gasteiger partial charge on any atom is 0.341 e. The second-order valence-electron chi connectivity index (χ2n) is 6.12. The van der Waals surface area contributed by atoms with Crippen molar-refractivity contribution < 1.29 is 20.2 Å². The first-order valence-electron chi connectivity index (χ1n) is 8.33. The molecule has 0 spiro atoms. The number of urea groups is 1. The van der Waals surface area contributed by atoms with E-state index in [1.165, 1.54) is 25.7 Å². The molecule has 0 radical (unpaired) electrons. The Hall–Kier alpha value is -0.890. The van der Waals surface area contributed by atoms with E-state index in [1.807, 2.05) is 0 Å². The number of nitrogens with one attached hydrogen (secondary N) is 2. The maximum atomic E-state index is 11.7. The molecule has 5 N–H and O–H groups in total. The van der Waals surface area contributed by atoms with Gasteiger partial charge in [-0.3, -0.25) is 5.21 Å². The Morgan fingerprint density at radius 3 is 2.36 bits per heavy atom. The minimum absolute atomic E-state index is 0.0646. The van der Waals surface area contributed by atoms with E-state index in [4.69, 9.17) is 0 Å². The smallest absolute Gasteiger partial charge is 0.341 e. The minimum atomic E-state index is -0.990. The van der Waals surface area contributed by atoms with E-state index in [0.717, 1.165) is 12.8 Å². The molecule has 0 aromatic carbocycles. The van der Waals surface area contributed by atoms with E-state index in [1.54, 1.807) is 6.92 Å². The quantitative estimate of drug-likeness (QED) is 0.246. The first-order chi connectivity index (χ1) is 10.5. The standard InChI is InChI=1S/C15H31N3O4/c1-3-4-5-6-7-8-9-16-15(21)18(22)10-12-14(20)13(19)11(2)17-12/h11-14,17,19-20,22H,3-10H2,1-2H3,(H,16,21)/t11-,12+,13+,14+/m0/s1. The number of amides is 2. The Kier molecular flexibility index (Phi) is 8.70. The summed E-state index contributed by atoms with van der Waals surface area (Å²) >= 11 is 0. The largest absolute Gasteiger partial charge is 0.389 e. The van der Waals surface area contributed by atoms with Crippen molar-refractivity contribution in [2.75, 3.05) is 13.1 Å². The van der Waals surface area contributed by atoms with Gasteiger partial charge in [-0.25, -0.2) is 9.86 Å². The van der Waals surface area contributed by atoms with Crippen molar-refractivity contribution >= 4 is 6.03 Å². The number of rotatable bonds is 9. The Labute approximate surface area is 132 Å². The lowest BCUT2D eigenvalue weighted by Crippen LogP contribution is -2.48. The highest BCUT2D eigenvalue weighted by atomic mass is 16.5. The molecule has 0 saturated carbocycles. The Balaban J connectivity index is 2.15. The lowest BCUT2D eigenvalue weighted by Gasteiger charge is -2.22. The van der Waals surface area contributed by atoms with Gasteiger partial charge in [0.15, 0.2) is 0 Å². The zero-order valence-corrected chi connectivity index (χ0v) is 13.7. The van der Waals surface area contributed by atoms with Crippen molar-refractivity contribution in [1.82, 2.24) is 15.7 Å². The number of aliphatic hydroxyl groups is 2. The van der Waals surface area contributed by atoms with Gasteiger partial charge in [0.1, 0.15) is 0 Å². The van der Waals surface area contributed by atoms with Crippen LogP contribution in [0.25, 0.3) is 0 Å². The molecule has 1 heterocycles. The van der Waals surface area contributed by atoms with E-state index >= 15 is 0 Å².